The van der Waals surface area contributed by atoms with Gasteiger partial charge in [0.15, 0.2) is 5.76 Å². The van der Waals surface area contributed by atoms with Gasteiger partial charge in [-0.3, -0.25) is 9.78 Å². The van der Waals surface area contributed by atoms with Crippen LogP contribution < -0.4 is 0 Å². The molecule has 0 bridgehead atoms. The fraction of sp³-hybridized carbons (Fsp3) is 0.0667. The van der Waals surface area contributed by atoms with Crippen LogP contribution in [0.2, 0.25) is 5.02 Å². The molecule has 3 aromatic rings. The molecule has 0 fully saturated rings. The number of nitrogens with zero attached hydrogens (tertiary/aromatic N) is 1. The molecule has 0 aliphatic rings. The molecule has 2 aromatic heterocycles. The number of fused-ring (bicyclic) bond motifs is 1. The maximum Gasteiger partial charge on any atom is 0.202 e. The van der Waals surface area contributed by atoms with Crippen molar-refractivity contribution in [2.75, 3.05) is 0 Å². The number of carbonyl (C=O) groups excluding carboxylic acids is 1. The van der Waals surface area contributed by atoms with E-state index in [9.17, 15) is 4.79 Å². The molecule has 1 aromatic carbocycles. The van der Waals surface area contributed by atoms with Gasteiger partial charge in [0.2, 0.25) is 5.78 Å². The van der Waals surface area contributed by atoms with Crippen molar-refractivity contribution < 1.29 is 9.21 Å². The summed E-state index contributed by atoms with van der Waals surface area (Å²) in [4.78, 5) is 16.1. The molecule has 0 radical (unpaired) electrons. The molecule has 19 heavy (non-hydrogen) atoms. The first-order valence-electron chi connectivity index (χ1n) is 5.83. The third-order valence-electron chi connectivity index (χ3n) is 2.84. The largest absolute Gasteiger partial charge is 0.453 e. The van der Waals surface area contributed by atoms with E-state index in [1.54, 1.807) is 42.7 Å². The van der Waals surface area contributed by atoms with Gasteiger partial charge in [0, 0.05) is 29.2 Å². The smallest absolute Gasteiger partial charge is 0.202 e. The molecule has 0 saturated carbocycles. The monoisotopic (exact) mass is 271 g/mol. The number of aromatic nitrogens is 1. The quantitative estimate of drug-likeness (QED) is 0.679. The lowest BCUT2D eigenvalue weighted by atomic mass is 10.1. The number of furan rings is 1. The van der Waals surface area contributed by atoms with Crippen LogP contribution in [0.1, 0.15) is 16.1 Å². The molecule has 3 nitrogen and oxygen atoms in total. The first kappa shape index (κ1) is 11.9. The number of hydrogen-bond donors (Lipinski definition) is 0. The van der Waals surface area contributed by atoms with E-state index >= 15 is 0 Å². The van der Waals surface area contributed by atoms with Gasteiger partial charge in [-0.1, -0.05) is 17.7 Å². The van der Waals surface area contributed by atoms with Crippen molar-refractivity contribution in [1.82, 2.24) is 4.98 Å². The summed E-state index contributed by atoms with van der Waals surface area (Å²) in [6, 6.07) is 10.7. The molecule has 2 heterocycles. The van der Waals surface area contributed by atoms with E-state index in [1.165, 1.54) is 0 Å². The Morgan fingerprint density at radius 2 is 2.16 bits per heavy atom. The fourth-order valence-electron chi connectivity index (χ4n) is 1.93. The lowest BCUT2D eigenvalue weighted by molar-refractivity contribution is 0.0968. The third-order valence-corrected chi connectivity index (χ3v) is 3.08. The average molecular weight is 272 g/mol. The van der Waals surface area contributed by atoms with Crippen LogP contribution in [-0.4, -0.2) is 10.8 Å². The van der Waals surface area contributed by atoms with Gasteiger partial charge < -0.3 is 4.42 Å². The van der Waals surface area contributed by atoms with Crippen molar-refractivity contribution in [3.63, 3.8) is 0 Å². The lowest BCUT2D eigenvalue weighted by Crippen LogP contribution is -2.01. The number of hydrogen-bond acceptors (Lipinski definition) is 3. The standard InChI is InChI=1S/C15H10ClNO2/c16-12-3-4-14-11(7-12)8-15(19-14)13(18)6-10-2-1-5-17-9-10/h1-5,7-9H,6H2. The van der Waals surface area contributed by atoms with Crippen molar-refractivity contribution in [2.45, 2.75) is 6.42 Å². The molecule has 94 valence electrons. The number of pyridine rings is 1. The molecule has 3 rings (SSSR count). The highest BCUT2D eigenvalue weighted by Crippen LogP contribution is 2.23. The summed E-state index contributed by atoms with van der Waals surface area (Å²) in [7, 11) is 0. The summed E-state index contributed by atoms with van der Waals surface area (Å²) in [5.74, 6) is 0.279. The SMILES string of the molecule is O=C(Cc1cccnc1)c1cc2cc(Cl)ccc2o1. The Morgan fingerprint density at radius 3 is 2.95 bits per heavy atom. The van der Waals surface area contributed by atoms with E-state index in [0.29, 0.717) is 16.4 Å². The van der Waals surface area contributed by atoms with Crippen molar-refractivity contribution in [3.05, 3.63) is 65.1 Å². The Balaban J connectivity index is 1.89. The predicted octanol–water partition coefficient (Wildman–Crippen LogP) is 3.91. The highest BCUT2D eigenvalue weighted by atomic mass is 35.5. The number of carbonyl (C=O) groups is 1. The number of ketones is 1. The normalized spacial score (nSPS) is 10.8. The van der Waals surface area contributed by atoms with Crippen LogP contribution in [0.5, 0.6) is 0 Å². The second kappa shape index (κ2) is 4.86. The van der Waals surface area contributed by atoms with Gasteiger partial charge >= 0.3 is 0 Å². The minimum atomic E-state index is -0.0691. The first-order chi connectivity index (χ1) is 9.22. The number of rotatable bonds is 3. The Morgan fingerprint density at radius 1 is 1.26 bits per heavy atom. The van der Waals surface area contributed by atoms with Crippen LogP contribution in [0.4, 0.5) is 0 Å². The van der Waals surface area contributed by atoms with E-state index in [4.69, 9.17) is 16.0 Å². The van der Waals surface area contributed by atoms with Crippen LogP contribution in [0.3, 0.4) is 0 Å². The molecule has 0 atom stereocenters. The van der Waals surface area contributed by atoms with Crippen LogP contribution >= 0.6 is 11.6 Å². The number of benzene rings is 1. The van der Waals surface area contributed by atoms with Crippen molar-refractivity contribution >= 4 is 28.4 Å². The maximum absolute atomic E-state index is 12.1. The minimum absolute atomic E-state index is 0.0691. The molecule has 0 saturated heterocycles. The highest BCUT2D eigenvalue weighted by molar-refractivity contribution is 6.31. The van der Waals surface area contributed by atoms with Crippen LogP contribution in [0, 0.1) is 0 Å². The second-order valence-corrected chi connectivity index (χ2v) is 4.69. The van der Waals surface area contributed by atoms with Gasteiger partial charge in [-0.25, -0.2) is 0 Å². The third kappa shape index (κ3) is 2.51. The van der Waals surface area contributed by atoms with Crippen molar-refractivity contribution in [2.24, 2.45) is 0 Å². The summed E-state index contributed by atoms with van der Waals surface area (Å²) in [5, 5.41) is 1.46. The van der Waals surface area contributed by atoms with Crippen LogP contribution in [-0.2, 0) is 6.42 Å². The van der Waals surface area contributed by atoms with E-state index < -0.39 is 0 Å². The summed E-state index contributed by atoms with van der Waals surface area (Å²) in [6.45, 7) is 0. The second-order valence-electron chi connectivity index (χ2n) is 4.25. The van der Waals surface area contributed by atoms with E-state index in [0.717, 1.165) is 10.9 Å². The summed E-state index contributed by atoms with van der Waals surface area (Å²) in [5.41, 5.74) is 1.53. The summed E-state index contributed by atoms with van der Waals surface area (Å²) in [6.07, 6.45) is 3.63. The van der Waals surface area contributed by atoms with E-state index in [-0.39, 0.29) is 12.2 Å². The average Bonchev–Trinajstić information content (AvgIpc) is 2.83. The summed E-state index contributed by atoms with van der Waals surface area (Å²) < 4.78 is 5.53. The van der Waals surface area contributed by atoms with Gasteiger partial charge in [0.05, 0.1) is 0 Å². The van der Waals surface area contributed by atoms with Crippen molar-refractivity contribution in [1.29, 1.82) is 0 Å². The molecule has 0 N–H and O–H groups in total. The molecule has 0 spiro atoms. The van der Waals surface area contributed by atoms with Crippen LogP contribution in [0.15, 0.2) is 53.2 Å². The van der Waals surface area contributed by atoms with Gasteiger partial charge in [-0.15, -0.1) is 0 Å². The molecular weight excluding hydrogens is 262 g/mol. The molecule has 0 unspecified atom stereocenters. The van der Waals surface area contributed by atoms with E-state index in [2.05, 4.69) is 4.98 Å². The zero-order chi connectivity index (χ0) is 13.2. The lowest BCUT2D eigenvalue weighted by Gasteiger charge is -1.96. The molecule has 4 heteroatoms. The topological polar surface area (TPSA) is 43.1 Å². The fourth-order valence-corrected chi connectivity index (χ4v) is 2.11. The Hall–Kier alpha value is -2.13. The predicted molar refractivity (Wildman–Crippen MR) is 73.5 cm³/mol. The van der Waals surface area contributed by atoms with Gasteiger partial charge in [0.1, 0.15) is 5.58 Å². The van der Waals surface area contributed by atoms with Crippen molar-refractivity contribution in [3.8, 4) is 0 Å². The summed E-state index contributed by atoms with van der Waals surface area (Å²) >= 11 is 5.90. The molecule has 0 aliphatic carbocycles. The van der Waals surface area contributed by atoms with E-state index in [1.807, 2.05) is 6.07 Å². The number of Topliss-reactive ketones (excluding diaryl/α,β-unsaturated/α-hetero) is 1. The van der Waals surface area contributed by atoms with Gasteiger partial charge in [-0.2, -0.15) is 0 Å². The molecule has 0 amide bonds. The Labute approximate surface area is 114 Å². The van der Waals surface area contributed by atoms with Gasteiger partial charge in [0.25, 0.3) is 0 Å². The minimum Gasteiger partial charge on any atom is -0.453 e. The highest BCUT2D eigenvalue weighted by Gasteiger charge is 2.13. The van der Waals surface area contributed by atoms with Crippen LogP contribution in [0.25, 0.3) is 11.0 Å². The molecule has 0 aliphatic heterocycles. The molecular formula is C15H10ClNO2. The Kier molecular flexibility index (Phi) is 3.05. The van der Waals surface area contributed by atoms with Gasteiger partial charge in [-0.05, 0) is 35.9 Å². The number of halogens is 1. The maximum atomic E-state index is 12.1. The first-order valence-corrected chi connectivity index (χ1v) is 6.21. The zero-order valence-corrected chi connectivity index (χ0v) is 10.7. The Bertz CT molecular complexity index is 734. The zero-order valence-electron chi connectivity index (χ0n) is 9.97.